The summed E-state index contributed by atoms with van der Waals surface area (Å²) in [6, 6.07) is 62.2. The van der Waals surface area contributed by atoms with Gasteiger partial charge in [0, 0.05) is 106 Å². The van der Waals surface area contributed by atoms with Gasteiger partial charge in [-0.15, -0.1) is 0 Å². The molecule has 0 spiro atoms. The van der Waals surface area contributed by atoms with Gasteiger partial charge in [0.05, 0.1) is 18.7 Å². The number of aromatic amines is 5. The molecule has 1 aliphatic carbocycles. The molecule has 0 aliphatic heterocycles. The fraction of sp³-hybridized carbons (Fsp3) is 0.190. The number of sulfonamides is 1. The maximum atomic E-state index is 13.2. The zero-order chi connectivity index (χ0) is 81.8. The van der Waals surface area contributed by atoms with Crippen molar-refractivity contribution in [2.75, 3.05) is 13.7 Å². The molecular weight excluding hydrogens is 1590 g/mol. The van der Waals surface area contributed by atoms with E-state index in [0.717, 1.165) is 67.6 Å². The summed E-state index contributed by atoms with van der Waals surface area (Å²) < 4.78 is 61.2. The Labute approximate surface area is 683 Å². The molecule has 1 fully saturated rings. The van der Waals surface area contributed by atoms with Crippen LogP contribution >= 0.6 is 46.4 Å². The van der Waals surface area contributed by atoms with Crippen molar-refractivity contribution < 1.29 is 50.3 Å². The Morgan fingerprint density at radius 3 is 1.46 bits per heavy atom. The second-order valence-corrected chi connectivity index (χ2v) is 31.0. The number of H-pyrrole nitrogens is 5. The highest BCUT2D eigenvalue weighted by Gasteiger charge is 2.46. The normalized spacial score (nSPS) is 13.0. The number of rotatable bonds is 21. The number of carbonyl (C=O) groups is 4. The van der Waals surface area contributed by atoms with E-state index in [1.165, 1.54) is 29.8 Å². The number of benzene rings is 8. The highest BCUT2D eigenvalue weighted by Crippen LogP contribution is 2.45. The highest BCUT2D eigenvalue weighted by molar-refractivity contribution is 7.89. The van der Waals surface area contributed by atoms with E-state index < -0.39 is 21.9 Å². The number of hydrogen-bond acceptors (Lipinski definition) is 16. The second-order valence-electron chi connectivity index (χ2n) is 27.6. The molecule has 26 nitrogen and oxygen atoms in total. The lowest BCUT2D eigenvalue weighted by molar-refractivity contribution is 0.0919. The van der Waals surface area contributed by atoms with Gasteiger partial charge in [-0.05, 0) is 166 Å². The van der Waals surface area contributed by atoms with E-state index in [4.69, 9.17) is 64.7 Å². The van der Waals surface area contributed by atoms with E-state index in [2.05, 4.69) is 93.5 Å². The number of fused-ring (bicyclic) bond motifs is 5. The molecule has 2 unspecified atom stereocenters. The average Bonchev–Trinajstić information content (AvgIpc) is 1.61. The van der Waals surface area contributed by atoms with Crippen molar-refractivity contribution in [3.05, 3.63) is 301 Å². The number of nitrogens with one attached hydrogen (secondary N) is 10. The summed E-state index contributed by atoms with van der Waals surface area (Å²) in [5, 5.41) is 29.9. The van der Waals surface area contributed by atoms with Crippen molar-refractivity contribution in [2.24, 2.45) is 0 Å². The van der Waals surface area contributed by atoms with Gasteiger partial charge in [-0.3, -0.25) is 19.2 Å². The fourth-order valence-electron chi connectivity index (χ4n) is 12.2. The number of nitrogens with zero attached hydrogens (tertiary/aromatic N) is 6. The summed E-state index contributed by atoms with van der Waals surface area (Å²) in [5.74, 6) is 1.69. The zero-order valence-corrected chi connectivity index (χ0v) is 67.0. The van der Waals surface area contributed by atoms with E-state index in [1.807, 2.05) is 135 Å². The van der Waals surface area contributed by atoms with E-state index in [9.17, 15) is 32.0 Å². The van der Waals surface area contributed by atoms with E-state index >= 15 is 0 Å². The quantitative estimate of drug-likeness (QED) is 0.0319. The smallest absolute Gasteiger partial charge is 0.268 e. The van der Waals surface area contributed by atoms with Gasteiger partial charge in [0.2, 0.25) is 23.5 Å². The molecule has 594 valence electrons. The van der Waals surface area contributed by atoms with Crippen LogP contribution in [0.2, 0.25) is 20.1 Å². The van der Waals surface area contributed by atoms with Crippen LogP contribution in [-0.4, -0.2) is 101 Å². The SMILES string of the molecule is CC(C)c1noc(C(C)NC(=O)c2cc3cc(Cl)ccc3[nH]2)n1.COCCc1noc(C(C)NC(=O)c2cc3cc(Cl)ccc3[nH]2)n1.C[C@@H](NS(=O)(=O)c1cc2cc(F)ccc2[nH]1)c1ccccc1.O=C(NC1(c2ccccc2)CC1)c1cc2cc(Cl)ccc2[nH]1.O=C(NCc1nc(-c2ccccc2)no1)c1cc2cc(Cl)ccc2[nH]1. The lowest BCUT2D eigenvalue weighted by Crippen LogP contribution is -2.34. The predicted molar refractivity (Wildman–Crippen MR) is 442 cm³/mol. The summed E-state index contributed by atoms with van der Waals surface area (Å²) >= 11 is 23.9. The van der Waals surface area contributed by atoms with Gasteiger partial charge in [0.1, 0.15) is 45.7 Å². The molecule has 1 aliphatic rings. The Morgan fingerprint density at radius 2 is 0.957 bits per heavy atom. The second kappa shape index (κ2) is 36.5. The van der Waals surface area contributed by atoms with Crippen molar-refractivity contribution in [2.45, 2.75) is 95.0 Å². The predicted octanol–water partition coefficient (Wildman–Crippen LogP) is 18.1. The fourth-order valence-corrected chi connectivity index (χ4v) is 14.2. The molecule has 17 rings (SSSR count). The average molecular weight is 1660 g/mol. The number of halogens is 5. The van der Waals surface area contributed by atoms with Crippen molar-refractivity contribution in [3.63, 3.8) is 0 Å². The summed E-state index contributed by atoms with van der Waals surface area (Å²) in [6.07, 6.45) is 2.52. The number of hydrogen-bond donors (Lipinski definition) is 10. The van der Waals surface area contributed by atoms with E-state index in [0.29, 0.717) is 102 Å². The molecule has 0 saturated heterocycles. The summed E-state index contributed by atoms with van der Waals surface area (Å²) in [6.45, 7) is 9.97. The van der Waals surface area contributed by atoms with Crippen LogP contribution in [0.4, 0.5) is 4.39 Å². The maximum Gasteiger partial charge on any atom is 0.268 e. The molecule has 1 saturated carbocycles. The Hall–Kier alpha value is -12.3. The minimum Gasteiger partial charge on any atom is -0.384 e. The summed E-state index contributed by atoms with van der Waals surface area (Å²) in [4.78, 5) is 77.5. The third kappa shape index (κ3) is 20.6. The Balaban J connectivity index is 0.000000126. The molecule has 16 aromatic rings. The topological polar surface area (TPSA) is 368 Å². The minimum absolute atomic E-state index is 0.0240. The van der Waals surface area contributed by atoms with Gasteiger partial charge >= 0.3 is 0 Å². The lowest BCUT2D eigenvalue weighted by Gasteiger charge is -2.17. The first kappa shape index (κ1) is 81.7. The molecule has 0 bridgehead atoms. The van der Waals surface area contributed by atoms with Crippen LogP contribution in [0.25, 0.3) is 65.9 Å². The van der Waals surface area contributed by atoms with Crippen LogP contribution in [0.3, 0.4) is 0 Å². The monoisotopic (exact) mass is 1660 g/mol. The van der Waals surface area contributed by atoms with Crippen molar-refractivity contribution in [1.29, 1.82) is 0 Å². The van der Waals surface area contributed by atoms with E-state index in [1.54, 1.807) is 82.5 Å². The Bertz CT molecular complexity index is 6260. The molecular formula is C84H77Cl4FN16O10S. The molecule has 3 atom stereocenters. The number of carbonyl (C=O) groups excluding carboxylic acids is 4. The molecule has 32 heteroatoms. The molecule has 8 aromatic heterocycles. The lowest BCUT2D eigenvalue weighted by atomic mass is 10.0. The molecule has 10 N–H and O–H groups in total. The van der Waals surface area contributed by atoms with Crippen LogP contribution in [0.5, 0.6) is 0 Å². The molecule has 0 radical (unpaired) electrons. The number of amides is 4. The van der Waals surface area contributed by atoms with Crippen LogP contribution < -0.4 is 26.0 Å². The van der Waals surface area contributed by atoms with Crippen LogP contribution in [0.1, 0.15) is 154 Å². The van der Waals surface area contributed by atoms with Crippen molar-refractivity contribution in [3.8, 4) is 11.4 Å². The maximum absolute atomic E-state index is 13.2. The van der Waals surface area contributed by atoms with Gasteiger partial charge in [0.15, 0.2) is 11.6 Å². The van der Waals surface area contributed by atoms with Gasteiger partial charge in [-0.2, -0.15) is 15.0 Å². The van der Waals surface area contributed by atoms with E-state index in [-0.39, 0.29) is 58.7 Å². The summed E-state index contributed by atoms with van der Waals surface area (Å²) in [5.41, 5.74) is 8.64. The Morgan fingerprint density at radius 1 is 0.500 bits per heavy atom. The third-order valence-electron chi connectivity index (χ3n) is 18.5. The number of ether oxygens (including phenoxy) is 1. The zero-order valence-electron chi connectivity index (χ0n) is 63.1. The van der Waals surface area contributed by atoms with Crippen LogP contribution in [0, 0.1) is 5.82 Å². The minimum atomic E-state index is -3.71. The first-order valence-electron chi connectivity index (χ1n) is 36.6. The Kier molecular flexibility index (Phi) is 25.7. The largest absolute Gasteiger partial charge is 0.384 e. The number of methoxy groups -OCH3 is 1. The van der Waals surface area contributed by atoms with Crippen LogP contribution in [-0.2, 0) is 33.3 Å². The molecule has 8 heterocycles. The first-order chi connectivity index (χ1) is 55.8. The highest BCUT2D eigenvalue weighted by atomic mass is 35.5. The molecule has 4 amide bonds. The van der Waals surface area contributed by atoms with Gasteiger partial charge in [-0.25, -0.2) is 17.5 Å². The molecule has 8 aromatic carbocycles. The van der Waals surface area contributed by atoms with Crippen molar-refractivity contribution >= 4 is 135 Å². The van der Waals surface area contributed by atoms with Crippen LogP contribution in [0.15, 0.2) is 231 Å². The summed E-state index contributed by atoms with van der Waals surface area (Å²) in [7, 11) is -2.10. The molecule has 116 heavy (non-hydrogen) atoms. The first-order valence-corrected chi connectivity index (χ1v) is 39.6. The standard InChI is InChI=1S/C18H13ClN4O2.C18H15ClN2O.C16H17ClN4O3.C16H17ClN4O2.C16H15FN2O2S/c19-13-6-7-14-12(8-13)9-15(21-14)18(24)20-10-16-22-17(23-25-16)11-4-2-1-3-5-11;19-14-6-7-15-12(10-14)11-16(20-15)17(22)21-18(8-9-18)13-4-2-1-3-5-13;1-9(16-20-14(21-24-16)5-6-23-2)18-15(22)13-8-10-7-11(17)3-4-12(10)19-13;1-8(2)14-20-16(23-21-14)9(3)18-15(22)13-7-10-6-11(17)4-5-12(10)19-13;1-11(12-5-3-2-4-6-12)19-22(20,21)16-10-13-9-14(17)7-8-15(13)18-16/h1-9,21H,10H2,(H,20,24);1-7,10-11,20H,8-9H2,(H,21,22);3-4,7-9,19H,5-6H2,1-2H3,(H,18,22);4-9,19H,1-3H3,(H,18,22);2-11,18-19H,1H3/t;;;;11-/m....1/s1. The van der Waals surface area contributed by atoms with Gasteiger partial charge in [-0.1, -0.05) is 167 Å². The van der Waals surface area contributed by atoms with Crippen molar-refractivity contribution in [1.82, 2.24) is 81.3 Å². The van der Waals surface area contributed by atoms with Gasteiger partial charge < -0.3 is 64.5 Å². The van der Waals surface area contributed by atoms with Gasteiger partial charge in [0.25, 0.3) is 33.7 Å². The number of aromatic nitrogens is 11. The third-order valence-corrected chi connectivity index (χ3v) is 20.9.